The van der Waals surface area contributed by atoms with E-state index < -0.39 is 23.0 Å². The van der Waals surface area contributed by atoms with Crippen LogP contribution in [0.3, 0.4) is 0 Å². The van der Waals surface area contributed by atoms with E-state index in [-0.39, 0.29) is 11.3 Å². The van der Waals surface area contributed by atoms with Crippen LogP contribution in [0.4, 0.5) is 5.69 Å². The number of nitro groups is 1. The molecular formula is C18H20N2O4. The average Bonchev–Trinajstić information content (AvgIpc) is 2.55. The van der Waals surface area contributed by atoms with Crippen LogP contribution >= 0.6 is 0 Å². The van der Waals surface area contributed by atoms with Crippen molar-refractivity contribution in [3.63, 3.8) is 0 Å². The van der Waals surface area contributed by atoms with Crippen molar-refractivity contribution >= 4 is 11.6 Å². The van der Waals surface area contributed by atoms with Gasteiger partial charge in [0.25, 0.3) is 11.6 Å². The highest BCUT2D eigenvalue weighted by Crippen LogP contribution is 2.17. The number of amides is 1. The number of aliphatic hydroxyl groups excluding tert-OH is 1. The zero-order chi connectivity index (χ0) is 17.7. The molecule has 0 radical (unpaired) electrons. The van der Waals surface area contributed by atoms with Gasteiger partial charge in [0.2, 0.25) is 0 Å². The van der Waals surface area contributed by atoms with Gasteiger partial charge < -0.3 is 10.4 Å². The van der Waals surface area contributed by atoms with Gasteiger partial charge in [0.1, 0.15) is 0 Å². The van der Waals surface area contributed by atoms with Gasteiger partial charge >= 0.3 is 0 Å². The predicted molar refractivity (Wildman–Crippen MR) is 90.9 cm³/mol. The number of nitrogens with one attached hydrogen (secondary N) is 1. The maximum absolute atomic E-state index is 12.3. The zero-order valence-corrected chi connectivity index (χ0v) is 13.6. The number of nitrogens with zero attached hydrogens (tertiary/aromatic N) is 1. The minimum atomic E-state index is -0.754. The minimum Gasteiger partial charge on any atom is -0.391 e. The van der Waals surface area contributed by atoms with Crippen molar-refractivity contribution in [3.8, 4) is 0 Å². The number of aryl methyl sites for hydroxylation is 1. The minimum absolute atomic E-state index is 0.127. The van der Waals surface area contributed by atoms with Crippen molar-refractivity contribution < 1.29 is 14.8 Å². The summed E-state index contributed by atoms with van der Waals surface area (Å²) in [7, 11) is 0. The smallest absolute Gasteiger partial charge is 0.270 e. The van der Waals surface area contributed by atoms with E-state index in [0.29, 0.717) is 12.0 Å². The third-order valence-electron chi connectivity index (χ3n) is 3.76. The van der Waals surface area contributed by atoms with Crippen LogP contribution in [0.2, 0.25) is 0 Å². The summed E-state index contributed by atoms with van der Waals surface area (Å²) in [4.78, 5) is 22.7. The van der Waals surface area contributed by atoms with Crippen LogP contribution in [0.25, 0.3) is 0 Å². The molecule has 2 rings (SSSR count). The summed E-state index contributed by atoms with van der Waals surface area (Å²) < 4.78 is 0. The topological polar surface area (TPSA) is 92.5 Å². The van der Waals surface area contributed by atoms with Crippen LogP contribution < -0.4 is 5.32 Å². The van der Waals surface area contributed by atoms with Crippen LogP contribution in [-0.2, 0) is 6.42 Å². The third kappa shape index (κ3) is 4.63. The highest BCUT2D eigenvalue weighted by atomic mass is 16.6. The first-order valence-electron chi connectivity index (χ1n) is 7.65. The number of aliphatic hydroxyl groups is 1. The van der Waals surface area contributed by atoms with Crippen molar-refractivity contribution in [1.29, 1.82) is 0 Å². The van der Waals surface area contributed by atoms with Crippen molar-refractivity contribution in [1.82, 2.24) is 5.32 Å². The fourth-order valence-corrected chi connectivity index (χ4v) is 2.42. The van der Waals surface area contributed by atoms with Gasteiger partial charge in [-0.3, -0.25) is 14.9 Å². The maximum atomic E-state index is 12.3. The summed E-state index contributed by atoms with van der Waals surface area (Å²) in [5.41, 5.74) is 1.68. The lowest BCUT2D eigenvalue weighted by atomic mass is 10.0. The SMILES string of the molecule is Cc1cc(C(=O)NC(C)C(O)Cc2ccccc2)cc([N+](=O)[O-])c1. The predicted octanol–water partition coefficient (Wildman–Crippen LogP) is 2.63. The van der Waals surface area contributed by atoms with Crippen molar-refractivity contribution in [2.24, 2.45) is 0 Å². The molecule has 0 heterocycles. The summed E-state index contributed by atoms with van der Waals surface area (Å²) in [5.74, 6) is -0.443. The molecule has 2 unspecified atom stereocenters. The lowest BCUT2D eigenvalue weighted by molar-refractivity contribution is -0.384. The number of carbonyl (C=O) groups is 1. The van der Waals surface area contributed by atoms with Gasteiger partial charge in [-0.05, 0) is 31.0 Å². The molecule has 0 saturated carbocycles. The number of hydrogen-bond donors (Lipinski definition) is 2. The molecule has 0 spiro atoms. The summed E-state index contributed by atoms with van der Waals surface area (Å²) in [6, 6.07) is 13.2. The molecule has 1 amide bonds. The number of non-ortho nitro benzene ring substituents is 1. The third-order valence-corrected chi connectivity index (χ3v) is 3.76. The molecule has 6 nitrogen and oxygen atoms in total. The molecular weight excluding hydrogens is 308 g/mol. The molecule has 24 heavy (non-hydrogen) atoms. The Morgan fingerprint density at radius 3 is 2.54 bits per heavy atom. The lowest BCUT2D eigenvalue weighted by Crippen LogP contribution is -2.42. The first-order chi connectivity index (χ1) is 11.4. The second-order valence-electron chi connectivity index (χ2n) is 5.83. The van der Waals surface area contributed by atoms with E-state index in [2.05, 4.69) is 5.32 Å². The van der Waals surface area contributed by atoms with E-state index >= 15 is 0 Å². The quantitative estimate of drug-likeness (QED) is 0.630. The van der Waals surface area contributed by atoms with Gasteiger partial charge in [0.05, 0.1) is 17.1 Å². The first-order valence-corrected chi connectivity index (χ1v) is 7.65. The van der Waals surface area contributed by atoms with Gasteiger partial charge in [-0.1, -0.05) is 30.3 Å². The molecule has 2 aromatic rings. The normalized spacial score (nSPS) is 13.1. The molecule has 0 bridgehead atoms. The number of hydrogen-bond acceptors (Lipinski definition) is 4. The fraction of sp³-hybridized carbons (Fsp3) is 0.278. The molecule has 0 aromatic heterocycles. The second-order valence-corrected chi connectivity index (χ2v) is 5.83. The molecule has 0 saturated heterocycles. The number of nitro benzene ring substituents is 1. The van der Waals surface area contributed by atoms with Gasteiger partial charge in [-0.25, -0.2) is 0 Å². The molecule has 2 N–H and O–H groups in total. The van der Waals surface area contributed by atoms with Crippen LogP contribution in [0.1, 0.15) is 28.4 Å². The molecule has 2 aromatic carbocycles. The highest BCUT2D eigenvalue weighted by Gasteiger charge is 2.19. The molecule has 0 aliphatic rings. The van der Waals surface area contributed by atoms with Crippen molar-refractivity contribution in [2.75, 3.05) is 0 Å². The molecule has 0 aliphatic heterocycles. The van der Waals surface area contributed by atoms with Crippen molar-refractivity contribution in [2.45, 2.75) is 32.4 Å². The summed E-state index contributed by atoms with van der Waals surface area (Å²) >= 11 is 0. The first kappa shape index (κ1) is 17.6. The van der Waals surface area contributed by atoms with E-state index in [9.17, 15) is 20.0 Å². The Bertz CT molecular complexity index is 731. The van der Waals surface area contributed by atoms with Crippen LogP contribution in [0, 0.1) is 17.0 Å². The molecule has 0 aliphatic carbocycles. The van der Waals surface area contributed by atoms with Crippen LogP contribution in [0.15, 0.2) is 48.5 Å². The largest absolute Gasteiger partial charge is 0.391 e. The van der Waals surface area contributed by atoms with Crippen molar-refractivity contribution in [3.05, 3.63) is 75.3 Å². The Labute approximate surface area is 140 Å². The van der Waals surface area contributed by atoms with Crippen LogP contribution in [0.5, 0.6) is 0 Å². The summed E-state index contributed by atoms with van der Waals surface area (Å²) in [6.07, 6.45) is -0.341. The number of carbonyl (C=O) groups excluding carboxylic acids is 1. The Morgan fingerprint density at radius 1 is 1.25 bits per heavy atom. The Hall–Kier alpha value is -2.73. The zero-order valence-electron chi connectivity index (χ0n) is 13.6. The average molecular weight is 328 g/mol. The van der Waals surface area contributed by atoms with E-state index in [0.717, 1.165) is 5.56 Å². The second kappa shape index (κ2) is 7.70. The van der Waals surface area contributed by atoms with Gasteiger partial charge in [0.15, 0.2) is 0 Å². The lowest BCUT2D eigenvalue weighted by Gasteiger charge is -2.20. The molecule has 6 heteroatoms. The summed E-state index contributed by atoms with van der Waals surface area (Å²) in [6.45, 7) is 3.40. The summed E-state index contributed by atoms with van der Waals surface area (Å²) in [5, 5.41) is 23.8. The number of benzene rings is 2. The van der Waals surface area contributed by atoms with E-state index in [1.807, 2.05) is 30.3 Å². The highest BCUT2D eigenvalue weighted by molar-refractivity contribution is 5.95. The fourth-order valence-electron chi connectivity index (χ4n) is 2.42. The molecule has 0 fully saturated rings. The Morgan fingerprint density at radius 2 is 1.92 bits per heavy atom. The number of rotatable bonds is 6. The van der Waals surface area contributed by atoms with E-state index in [1.54, 1.807) is 19.9 Å². The van der Waals surface area contributed by atoms with Crippen LogP contribution in [-0.4, -0.2) is 28.1 Å². The van der Waals surface area contributed by atoms with E-state index in [1.165, 1.54) is 12.1 Å². The Kier molecular flexibility index (Phi) is 5.65. The standard InChI is InChI=1S/C18H20N2O4/c1-12-8-15(11-16(9-12)20(23)24)18(22)19-13(2)17(21)10-14-6-4-3-5-7-14/h3-9,11,13,17,21H,10H2,1-2H3,(H,19,22). The molecule has 2 atom stereocenters. The van der Waals surface area contributed by atoms with E-state index in [4.69, 9.17) is 0 Å². The Balaban J connectivity index is 2.04. The van der Waals surface area contributed by atoms with Gasteiger partial charge in [0, 0.05) is 24.1 Å². The monoisotopic (exact) mass is 328 g/mol. The van der Waals surface area contributed by atoms with Gasteiger partial charge in [-0.2, -0.15) is 0 Å². The van der Waals surface area contributed by atoms with Gasteiger partial charge in [-0.15, -0.1) is 0 Å². The maximum Gasteiger partial charge on any atom is 0.270 e. The molecule has 126 valence electrons.